The molecule has 1 aliphatic carbocycles. The van der Waals surface area contributed by atoms with Crippen LogP contribution in [0.25, 0.3) is 0 Å². The van der Waals surface area contributed by atoms with Gasteiger partial charge in [-0.25, -0.2) is 9.59 Å². The number of rotatable bonds is 5. The molecule has 1 aromatic carbocycles. The minimum Gasteiger partial charge on any atom is -0.478 e. The minimum atomic E-state index is -1.21. The Hall–Kier alpha value is -1.46. The molecule has 1 aromatic rings. The van der Waals surface area contributed by atoms with Crippen LogP contribution in [-0.2, 0) is 0 Å². The van der Waals surface area contributed by atoms with Gasteiger partial charge in [0.2, 0.25) is 0 Å². The zero-order valence-electron chi connectivity index (χ0n) is 10.6. The van der Waals surface area contributed by atoms with E-state index in [-0.39, 0.29) is 21.3 Å². The number of carbonyl (C=O) groups is 2. The van der Waals surface area contributed by atoms with Crippen LogP contribution in [0.15, 0.2) is 12.1 Å². The van der Waals surface area contributed by atoms with Gasteiger partial charge < -0.3 is 15.7 Å². The molecule has 0 aromatic heterocycles. The van der Waals surface area contributed by atoms with Crippen LogP contribution < -0.4 is 10.6 Å². The van der Waals surface area contributed by atoms with E-state index >= 15 is 0 Å². The Morgan fingerprint density at radius 1 is 1.30 bits per heavy atom. The maximum atomic E-state index is 11.7. The second kappa shape index (κ2) is 6.33. The maximum absolute atomic E-state index is 11.7. The van der Waals surface area contributed by atoms with Crippen LogP contribution in [0, 0.1) is 5.92 Å². The molecule has 0 atom stereocenters. The average Bonchev–Trinajstić information content (AvgIpc) is 3.16. The van der Waals surface area contributed by atoms with Crippen molar-refractivity contribution in [3.8, 4) is 0 Å². The standard InChI is InChI=1S/C13H14Cl2N2O3/c14-8-5-9(12(18)19)11(10(15)6-8)17-13(20)16-4-3-7-1-2-7/h5-7H,1-4H2,(H,18,19)(H2,16,17,20). The lowest BCUT2D eigenvalue weighted by Gasteiger charge is -2.12. The lowest BCUT2D eigenvalue weighted by atomic mass is 10.2. The van der Waals surface area contributed by atoms with Crippen LogP contribution in [0.5, 0.6) is 0 Å². The Balaban J connectivity index is 2.03. The summed E-state index contributed by atoms with van der Waals surface area (Å²) in [5, 5.41) is 14.5. The number of carbonyl (C=O) groups excluding carboxylic acids is 1. The summed E-state index contributed by atoms with van der Waals surface area (Å²) in [4.78, 5) is 22.8. The molecule has 0 spiro atoms. The first-order valence-corrected chi connectivity index (χ1v) is 7.00. The maximum Gasteiger partial charge on any atom is 0.337 e. The lowest BCUT2D eigenvalue weighted by molar-refractivity contribution is 0.0698. The molecule has 0 heterocycles. The monoisotopic (exact) mass is 316 g/mol. The van der Waals surface area contributed by atoms with Crippen molar-refractivity contribution in [1.29, 1.82) is 0 Å². The van der Waals surface area contributed by atoms with Crippen molar-refractivity contribution >= 4 is 40.9 Å². The highest BCUT2D eigenvalue weighted by Crippen LogP contribution is 2.32. The SMILES string of the molecule is O=C(NCCC1CC1)Nc1c(Cl)cc(Cl)cc1C(=O)O. The normalized spacial score (nSPS) is 13.9. The predicted molar refractivity (Wildman–Crippen MR) is 77.8 cm³/mol. The molecule has 0 unspecified atom stereocenters. The third-order valence-corrected chi connectivity index (χ3v) is 3.58. The van der Waals surface area contributed by atoms with Crippen molar-refractivity contribution in [1.82, 2.24) is 5.32 Å². The van der Waals surface area contributed by atoms with Crippen molar-refractivity contribution < 1.29 is 14.7 Å². The third kappa shape index (κ3) is 4.02. The first kappa shape index (κ1) is 14.9. The van der Waals surface area contributed by atoms with Crippen LogP contribution in [0.3, 0.4) is 0 Å². The number of halogens is 2. The highest BCUT2D eigenvalue weighted by molar-refractivity contribution is 6.37. The Kier molecular flexibility index (Phi) is 4.73. The molecule has 1 aliphatic rings. The molecular formula is C13H14Cl2N2O3. The Morgan fingerprint density at radius 3 is 2.60 bits per heavy atom. The lowest BCUT2D eigenvalue weighted by Crippen LogP contribution is -2.30. The summed E-state index contributed by atoms with van der Waals surface area (Å²) < 4.78 is 0. The third-order valence-electron chi connectivity index (χ3n) is 3.06. The van der Waals surface area contributed by atoms with Crippen LogP contribution >= 0.6 is 23.2 Å². The highest BCUT2D eigenvalue weighted by Gasteiger charge is 2.21. The first-order valence-electron chi connectivity index (χ1n) is 6.24. The van der Waals surface area contributed by atoms with Gasteiger partial charge >= 0.3 is 12.0 Å². The van der Waals surface area contributed by atoms with Crippen LogP contribution in [0.1, 0.15) is 29.6 Å². The molecule has 2 amide bonds. The van der Waals surface area contributed by atoms with Gasteiger partial charge in [-0.2, -0.15) is 0 Å². The van der Waals surface area contributed by atoms with Crippen LogP contribution in [-0.4, -0.2) is 23.7 Å². The Labute approximate surface area is 126 Å². The van der Waals surface area contributed by atoms with E-state index in [1.54, 1.807) is 0 Å². The van der Waals surface area contributed by atoms with Crippen molar-refractivity contribution in [3.63, 3.8) is 0 Å². The number of carboxylic acids is 1. The van der Waals surface area contributed by atoms with Crippen molar-refractivity contribution in [2.75, 3.05) is 11.9 Å². The average molecular weight is 317 g/mol. The number of aromatic carboxylic acids is 1. The van der Waals surface area contributed by atoms with Gasteiger partial charge in [0.25, 0.3) is 0 Å². The van der Waals surface area contributed by atoms with E-state index in [4.69, 9.17) is 28.3 Å². The van der Waals surface area contributed by atoms with Gasteiger partial charge in [0.15, 0.2) is 0 Å². The number of carboxylic acid groups (broad SMARTS) is 1. The summed E-state index contributed by atoms with van der Waals surface area (Å²) in [7, 11) is 0. The van der Waals surface area contributed by atoms with Gasteiger partial charge in [-0.3, -0.25) is 0 Å². The molecule has 20 heavy (non-hydrogen) atoms. The van der Waals surface area contributed by atoms with Gasteiger partial charge in [0, 0.05) is 11.6 Å². The number of hydrogen-bond donors (Lipinski definition) is 3. The smallest absolute Gasteiger partial charge is 0.337 e. The minimum absolute atomic E-state index is 0.0486. The fraction of sp³-hybridized carbons (Fsp3) is 0.385. The number of amides is 2. The van der Waals surface area contributed by atoms with Crippen molar-refractivity contribution in [2.45, 2.75) is 19.3 Å². The molecule has 0 aliphatic heterocycles. The van der Waals surface area contributed by atoms with E-state index in [1.165, 1.54) is 25.0 Å². The van der Waals surface area contributed by atoms with E-state index in [2.05, 4.69) is 10.6 Å². The summed E-state index contributed by atoms with van der Waals surface area (Å²) >= 11 is 11.7. The van der Waals surface area contributed by atoms with E-state index in [0.717, 1.165) is 6.42 Å². The van der Waals surface area contributed by atoms with E-state index in [1.807, 2.05) is 0 Å². The molecular weight excluding hydrogens is 303 g/mol. The number of hydrogen-bond acceptors (Lipinski definition) is 2. The molecule has 0 saturated heterocycles. The van der Waals surface area contributed by atoms with Gasteiger partial charge in [-0.15, -0.1) is 0 Å². The molecule has 0 radical (unpaired) electrons. The van der Waals surface area contributed by atoms with Gasteiger partial charge in [0.1, 0.15) is 0 Å². The largest absolute Gasteiger partial charge is 0.478 e. The Bertz CT molecular complexity index is 545. The number of urea groups is 1. The number of benzene rings is 1. The predicted octanol–water partition coefficient (Wildman–Crippen LogP) is 3.61. The summed E-state index contributed by atoms with van der Waals surface area (Å²) in [5.74, 6) is -0.494. The molecule has 0 bridgehead atoms. The molecule has 1 fully saturated rings. The molecule has 2 rings (SSSR count). The quantitative estimate of drug-likeness (QED) is 0.776. The van der Waals surface area contributed by atoms with Gasteiger partial charge in [0.05, 0.1) is 16.3 Å². The van der Waals surface area contributed by atoms with Gasteiger partial charge in [-0.05, 0) is 24.5 Å². The van der Waals surface area contributed by atoms with Gasteiger partial charge in [-0.1, -0.05) is 36.0 Å². The van der Waals surface area contributed by atoms with Crippen LogP contribution in [0.2, 0.25) is 10.0 Å². The summed E-state index contributed by atoms with van der Waals surface area (Å²) in [6.45, 7) is 0.560. The van der Waals surface area contributed by atoms with Crippen LogP contribution in [0.4, 0.5) is 10.5 Å². The molecule has 5 nitrogen and oxygen atoms in total. The Morgan fingerprint density at radius 2 is 2.00 bits per heavy atom. The molecule has 1 saturated carbocycles. The summed E-state index contributed by atoms with van der Waals surface area (Å²) in [6, 6.07) is 2.16. The zero-order valence-corrected chi connectivity index (χ0v) is 12.1. The fourth-order valence-electron chi connectivity index (χ4n) is 1.82. The summed E-state index contributed by atoms with van der Waals surface area (Å²) in [6.07, 6.45) is 3.37. The number of anilines is 1. The van der Waals surface area contributed by atoms with E-state index < -0.39 is 12.0 Å². The fourth-order valence-corrected chi connectivity index (χ4v) is 2.36. The first-order chi connectivity index (χ1) is 9.47. The molecule has 108 valence electrons. The highest BCUT2D eigenvalue weighted by atomic mass is 35.5. The van der Waals surface area contributed by atoms with Crippen molar-refractivity contribution in [2.24, 2.45) is 5.92 Å². The topological polar surface area (TPSA) is 78.4 Å². The number of nitrogens with one attached hydrogen (secondary N) is 2. The van der Waals surface area contributed by atoms with Crippen molar-refractivity contribution in [3.05, 3.63) is 27.7 Å². The zero-order chi connectivity index (χ0) is 14.7. The van der Waals surface area contributed by atoms with E-state index in [9.17, 15) is 9.59 Å². The second-order valence-electron chi connectivity index (χ2n) is 4.73. The molecule has 3 N–H and O–H groups in total. The van der Waals surface area contributed by atoms with E-state index in [0.29, 0.717) is 12.5 Å². The summed E-state index contributed by atoms with van der Waals surface area (Å²) in [5.41, 5.74) is -0.0904. The molecule has 7 heteroatoms. The second-order valence-corrected chi connectivity index (χ2v) is 5.57.